The molecule has 0 bridgehead atoms. The molecule has 1 atom stereocenters. The van der Waals surface area contributed by atoms with Gasteiger partial charge in [0.15, 0.2) is 0 Å². The summed E-state index contributed by atoms with van der Waals surface area (Å²) in [5.41, 5.74) is 1.99. The van der Waals surface area contributed by atoms with Crippen molar-refractivity contribution in [3.8, 4) is 5.75 Å². The first-order chi connectivity index (χ1) is 18.4. The molecule has 8 nitrogen and oxygen atoms in total. The Morgan fingerprint density at radius 2 is 1.61 bits per heavy atom. The van der Waals surface area contributed by atoms with Crippen LogP contribution in [0, 0.1) is 10.1 Å². The number of ether oxygens (including phenoxy) is 1. The summed E-state index contributed by atoms with van der Waals surface area (Å²) in [7, 11) is 0. The highest BCUT2D eigenvalue weighted by Crippen LogP contribution is 2.37. The zero-order valence-electron chi connectivity index (χ0n) is 20.5. The van der Waals surface area contributed by atoms with Crippen molar-refractivity contribution in [1.82, 2.24) is 0 Å². The van der Waals surface area contributed by atoms with Crippen LogP contribution in [0.25, 0.3) is 0 Å². The van der Waals surface area contributed by atoms with Crippen molar-refractivity contribution in [1.29, 1.82) is 0 Å². The highest BCUT2D eigenvalue weighted by Gasteiger charge is 2.23. The van der Waals surface area contributed by atoms with Gasteiger partial charge in [0.2, 0.25) is 5.91 Å². The van der Waals surface area contributed by atoms with Crippen molar-refractivity contribution in [2.45, 2.75) is 17.1 Å². The predicted octanol–water partition coefficient (Wildman–Crippen LogP) is 6.72. The number of rotatable bonds is 10. The first kappa shape index (κ1) is 26.4. The van der Waals surface area contributed by atoms with Crippen LogP contribution in [0.15, 0.2) is 108 Å². The molecule has 38 heavy (non-hydrogen) atoms. The summed E-state index contributed by atoms with van der Waals surface area (Å²) in [5.74, 6) is -0.0518. The van der Waals surface area contributed by atoms with Gasteiger partial charge in [0.25, 0.3) is 11.6 Å². The minimum atomic E-state index is -0.545. The van der Waals surface area contributed by atoms with Gasteiger partial charge in [-0.3, -0.25) is 19.7 Å². The lowest BCUT2D eigenvalue weighted by Gasteiger charge is -2.18. The maximum Gasteiger partial charge on any atom is 0.270 e. The van der Waals surface area contributed by atoms with E-state index in [9.17, 15) is 19.7 Å². The number of para-hydroxylation sites is 2. The van der Waals surface area contributed by atoms with Gasteiger partial charge in [0.05, 0.1) is 17.2 Å². The van der Waals surface area contributed by atoms with E-state index in [1.54, 1.807) is 18.2 Å². The summed E-state index contributed by atoms with van der Waals surface area (Å²) in [6.07, 6.45) is 0. The summed E-state index contributed by atoms with van der Waals surface area (Å²) >= 11 is 1.38. The molecule has 0 aliphatic heterocycles. The third-order valence-corrected chi connectivity index (χ3v) is 6.74. The summed E-state index contributed by atoms with van der Waals surface area (Å²) in [6.45, 7) is 2.37. The number of thioether (sulfide) groups is 1. The third-order valence-electron chi connectivity index (χ3n) is 5.47. The minimum Gasteiger partial charge on any atom is -0.492 e. The highest BCUT2D eigenvalue weighted by molar-refractivity contribution is 8.00. The quantitative estimate of drug-likeness (QED) is 0.135. The van der Waals surface area contributed by atoms with Gasteiger partial charge < -0.3 is 15.4 Å². The van der Waals surface area contributed by atoms with Crippen molar-refractivity contribution >= 4 is 40.6 Å². The van der Waals surface area contributed by atoms with Crippen molar-refractivity contribution in [2.24, 2.45) is 0 Å². The molecule has 0 aliphatic carbocycles. The third kappa shape index (κ3) is 6.77. The Labute approximate surface area is 224 Å². The number of benzene rings is 4. The Morgan fingerprint density at radius 1 is 0.895 bits per heavy atom. The zero-order chi connectivity index (χ0) is 26.9. The van der Waals surface area contributed by atoms with E-state index in [0.717, 1.165) is 10.5 Å². The molecule has 0 fully saturated rings. The number of non-ortho nitro benzene ring substituents is 1. The van der Waals surface area contributed by atoms with Crippen LogP contribution in [0.3, 0.4) is 0 Å². The molecule has 4 rings (SSSR count). The molecular formula is C29H25N3O5S. The Morgan fingerprint density at radius 3 is 2.32 bits per heavy atom. The van der Waals surface area contributed by atoms with Gasteiger partial charge in [-0.2, -0.15) is 0 Å². The normalized spacial score (nSPS) is 11.3. The van der Waals surface area contributed by atoms with Crippen molar-refractivity contribution < 1.29 is 19.2 Å². The molecule has 0 saturated heterocycles. The van der Waals surface area contributed by atoms with Crippen molar-refractivity contribution in [2.75, 3.05) is 17.2 Å². The Hall–Kier alpha value is -4.63. The molecule has 0 radical (unpaired) electrons. The molecule has 2 amide bonds. The van der Waals surface area contributed by atoms with E-state index in [1.807, 2.05) is 67.6 Å². The Balaban J connectivity index is 1.49. The minimum absolute atomic E-state index is 0.154. The molecular weight excluding hydrogens is 502 g/mol. The van der Waals surface area contributed by atoms with E-state index < -0.39 is 16.1 Å². The molecule has 0 saturated carbocycles. The van der Waals surface area contributed by atoms with E-state index in [4.69, 9.17) is 4.74 Å². The number of carbonyl (C=O) groups excluding carboxylic acids is 2. The van der Waals surface area contributed by atoms with E-state index in [1.165, 1.54) is 36.0 Å². The fourth-order valence-corrected chi connectivity index (χ4v) is 4.69. The summed E-state index contributed by atoms with van der Waals surface area (Å²) in [4.78, 5) is 37.3. The first-order valence-corrected chi connectivity index (χ1v) is 12.7. The second kappa shape index (κ2) is 12.6. The van der Waals surface area contributed by atoms with Crippen LogP contribution in [0.2, 0.25) is 0 Å². The number of nitro groups is 1. The Bertz CT molecular complexity index is 1430. The second-order valence-corrected chi connectivity index (χ2v) is 9.29. The largest absolute Gasteiger partial charge is 0.492 e. The highest BCUT2D eigenvalue weighted by atomic mass is 32.2. The monoisotopic (exact) mass is 527 g/mol. The van der Waals surface area contributed by atoms with E-state index >= 15 is 0 Å². The van der Waals surface area contributed by atoms with E-state index in [-0.39, 0.29) is 17.2 Å². The summed E-state index contributed by atoms with van der Waals surface area (Å²) in [5, 5.41) is 16.2. The van der Waals surface area contributed by atoms with Gasteiger partial charge in [-0.1, -0.05) is 48.5 Å². The zero-order valence-corrected chi connectivity index (χ0v) is 21.3. The summed E-state index contributed by atoms with van der Waals surface area (Å²) in [6, 6.07) is 29.4. The second-order valence-electron chi connectivity index (χ2n) is 8.11. The smallest absolute Gasteiger partial charge is 0.270 e. The number of hydrogen-bond acceptors (Lipinski definition) is 6. The van der Waals surface area contributed by atoms with Crippen LogP contribution >= 0.6 is 11.8 Å². The van der Waals surface area contributed by atoms with Crippen molar-refractivity contribution in [3.63, 3.8) is 0 Å². The molecule has 0 spiro atoms. The van der Waals surface area contributed by atoms with Gasteiger partial charge in [0, 0.05) is 28.3 Å². The number of amides is 2. The summed E-state index contributed by atoms with van der Waals surface area (Å²) < 4.78 is 5.65. The topological polar surface area (TPSA) is 111 Å². The van der Waals surface area contributed by atoms with Crippen LogP contribution in [0.1, 0.15) is 28.1 Å². The van der Waals surface area contributed by atoms with Gasteiger partial charge in [-0.25, -0.2) is 0 Å². The van der Waals surface area contributed by atoms with Gasteiger partial charge in [-0.15, -0.1) is 11.8 Å². The average Bonchev–Trinajstić information content (AvgIpc) is 2.94. The van der Waals surface area contributed by atoms with Gasteiger partial charge >= 0.3 is 0 Å². The number of nitrogens with one attached hydrogen (secondary N) is 2. The van der Waals surface area contributed by atoms with E-state index in [2.05, 4.69) is 10.6 Å². The SMILES string of the molecule is CCOc1ccccc1NC(=O)C(Sc1ccc(NC(=O)c2cccc([N+](=O)[O-])c2)cc1)c1ccccc1. The standard InChI is InChI=1S/C29H25N3O5S/c1-2-37-26-14-7-6-13-25(26)31-29(34)27(20-9-4-3-5-10-20)38-24-17-15-22(16-18-24)30-28(33)21-11-8-12-23(19-21)32(35)36/h3-19,27H,2H2,1H3,(H,30,33)(H,31,34). The number of nitrogens with zero attached hydrogens (tertiary/aromatic N) is 1. The molecule has 4 aromatic carbocycles. The molecule has 0 heterocycles. The molecule has 4 aromatic rings. The van der Waals surface area contributed by atoms with Crippen LogP contribution in [-0.4, -0.2) is 23.3 Å². The maximum absolute atomic E-state index is 13.4. The molecule has 9 heteroatoms. The molecule has 1 unspecified atom stereocenters. The molecule has 0 aliphatic rings. The number of anilines is 2. The fraction of sp³-hybridized carbons (Fsp3) is 0.103. The molecule has 2 N–H and O–H groups in total. The lowest BCUT2D eigenvalue weighted by Crippen LogP contribution is -2.19. The molecule has 0 aromatic heterocycles. The number of carbonyl (C=O) groups is 2. The first-order valence-electron chi connectivity index (χ1n) is 11.8. The number of nitro benzene ring substituents is 1. The lowest BCUT2D eigenvalue weighted by molar-refractivity contribution is -0.384. The average molecular weight is 528 g/mol. The van der Waals surface area contributed by atoms with E-state index in [0.29, 0.717) is 23.7 Å². The number of hydrogen-bond donors (Lipinski definition) is 2. The molecule has 192 valence electrons. The van der Waals surface area contributed by atoms with Gasteiger partial charge in [-0.05, 0) is 55.0 Å². The van der Waals surface area contributed by atoms with Gasteiger partial charge in [0.1, 0.15) is 11.0 Å². The predicted molar refractivity (Wildman–Crippen MR) is 149 cm³/mol. The fourth-order valence-electron chi connectivity index (χ4n) is 3.67. The van der Waals surface area contributed by atoms with Crippen LogP contribution < -0.4 is 15.4 Å². The maximum atomic E-state index is 13.4. The lowest BCUT2D eigenvalue weighted by atomic mass is 10.1. The Kier molecular flexibility index (Phi) is 8.73. The van der Waals surface area contributed by atoms with Crippen LogP contribution in [0.4, 0.5) is 17.1 Å². The van der Waals surface area contributed by atoms with Crippen LogP contribution in [-0.2, 0) is 4.79 Å². The van der Waals surface area contributed by atoms with Crippen molar-refractivity contribution in [3.05, 3.63) is 124 Å². The van der Waals surface area contributed by atoms with Crippen LogP contribution in [0.5, 0.6) is 5.75 Å².